The Morgan fingerprint density at radius 3 is 2.57 bits per heavy atom. The lowest BCUT2D eigenvalue weighted by Gasteiger charge is -2.41. The molecule has 2 N–H and O–H groups in total. The standard InChI is InChI=1S/C19H19F4N3O2/c1-17(2,3)28-16(27)25-10-18(19(21,22)23)12-5-4-8-24-15(12)26-14-7-6-11(20)9-13(14)18/h4-9H,10H2,1-3H3,(H,24,26)(H,25,27). The maximum atomic E-state index is 14.5. The van der Waals surface area contributed by atoms with Gasteiger partial charge >= 0.3 is 12.3 Å². The van der Waals surface area contributed by atoms with Crippen LogP contribution in [0.5, 0.6) is 0 Å². The van der Waals surface area contributed by atoms with Gasteiger partial charge in [-0.05, 0) is 45.0 Å². The highest BCUT2D eigenvalue weighted by Crippen LogP contribution is 2.53. The van der Waals surface area contributed by atoms with Gasteiger partial charge in [-0.15, -0.1) is 0 Å². The molecule has 2 aromatic rings. The van der Waals surface area contributed by atoms with Crippen molar-refractivity contribution in [1.82, 2.24) is 10.3 Å². The van der Waals surface area contributed by atoms with Gasteiger partial charge in [-0.3, -0.25) is 0 Å². The van der Waals surface area contributed by atoms with Gasteiger partial charge in [0.2, 0.25) is 0 Å². The normalized spacial score (nSPS) is 18.5. The van der Waals surface area contributed by atoms with Crippen LogP contribution in [0.1, 0.15) is 31.9 Å². The lowest BCUT2D eigenvalue weighted by Crippen LogP contribution is -2.54. The number of hydrogen-bond donors (Lipinski definition) is 2. The van der Waals surface area contributed by atoms with E-state index in [1.54, 1.807) is 20.8 Å². The van der Waals surface area contributed by atoms with Crippen molar-refractivity contribution in [3.63, 3.8) is 0 Å². The Morgan fingerprint density at radius 2 is 1.93 bits per heavy atom. The number of amides is 1. The van der Waals surface area contributed by atoms with E-state index in [0.29, 0.717) is 0 Å². The molecule has 0 fully saturated rings. The first kappa shape index (κ1) is 19.9. The molecule has 2 heterocycles. The Morgan fingerprint density at radius 1 is 1.21 bits per heavy atom. The van der Waals surface area contributed by atoms with E-state index in [0.717, 1.165) is 12.1 Å². The number of aromatic nitrogens is 1. The van der Waals surface area contributed by atoms with Crippen molar-refractivity contribution >= 4 is 17.6 Å². The number of carbonyl (C=O) groups excluding carboxylic acids is 1. The third kappa shape index (κ3) is 3.48. The van der Waals surface area contributed by atoms with Crippen molar-refractivity contribution in [2.45, 2.75) is 38.0 Å². The third-order valence-electron chi connectivity index (χ3n) is 4.34. The lowest BCUT2D eigenvalue weighted by molar-refractivity contribution is -0.176. The van der Waals surface area contributed by atoms with Gasteiger partial charge in [-0.2, -0.15) is 13.2 Å². The Hall–Kier alpha value is -2.84. The zero-order chi connectivity index (χ0) is 20.7. The summed E-state index contributed by atoms with van der Waals surface area (Å²) in [7, 11) is 0. The first-order valence-electron chi connectivity index (χ1n) is 8.50. The number of pyridine rings is 1. The van der Waals surface area contributed by atoms with Gasteiger partial charge in [-0.1, -0.05) is 6.07 Å². The van der Waals surface area contributed by atoms with Gasteiger partial charge in [0.05, 0.1) is 0 Å². The van der Waals surface area contributed by atoms with E-state index in [2.05, 4.69) is 15.6 Å². The van der Waals surface area contributed by atoms with E-state index in [4.69, 9.17) is 4.74 Å². The number of nitrogens with one attached hydrogen (secondary N) is 2. The summed E-state index contributed by atoms with van der Waals surface area (Å²) in [5, 5.41) is 5.00. The minimum absolute atomic E-state index is 0.00933. The fourth-order valence-corrected chi connectivity index (χ4v) is 3.22. The van der Waals surface area contributed by atoms with Crippen LogP contribution in [0.2, 0.25) is 0 Å². The van der Waals surface area contributed by atoms with E-state index in [-0.39, 0.29) is 22.6 Å². The molecule has 0 aliphatic carbocycles. The van der Waals surface area contributed by atoms with Gasteiger partial charge in [0.25, 0.3) is 0 Å². The van der Waals surface area contributed by atoms with Crippen molar-refractivity contribution < 1.29 is 27.1 Å². The maximum Gasteiger partial charge on any atom is 0.407 e. The van der Waals surface area contributed by atoms with Crippen molar-refractivity contribution in [2.75, 3.05) is 11.9 Å². The van der Waals surface area contributed by atoms with Gasteiger partial charge in [0.15, 0.2) is 0 Å². The summed E-state index contributed by atoms with van der Waals surface area (Å²) in [4.78, 5) is 16.0. The minimum atomic E-state index is -4.86. The van der Waals surface area contributed by atoms with E-state index < -0.39 is 35.6 Å². The molecule has 5 nitrogen and oxygen atoms in total. The fraction of sp³-hybridized carbons (Fsp3) is 0.368. The van der Waals surface area contributed by atoms with Crippen molar-refractivity contribution in [2.24, 2.45) is 0 Å². The van der Waals surface area contributed by atoms with Crippen molar-refractivity contribution in [3.05, 3.63) is 53.5 Å². The van der Waals surface area contributed by atoms with Crippen molar-refractivity contribution in [3.8, 4) is 0 Å². The number of alkyl halides is 3. The molecule has 0 radical (unpaired) electrons. The fourth-order valence-electron chi connectivity index (χ4n) is 3.22. The summed E-state index contributed by atoms with van der Waals surface area (Å²) >= 11 is 0. The highest BCUT2D eigenvalue weighted by atomic mass is 19.4. The van der Waals surface area contributed by atoms with Crippen LogP contribution >= 0.6 is 0 Å². The Kier molecular flexibility index (Phi) is 4.73. The Labute approximate surface area is 159 Å². The first-order chi connectivity index (χ1) is 12.9. The van der Waals surface area contributed by atoms with E-state index in [1.807, 2.05) is 0 Å². The van der Waals surface area contributed by atoms with Gasteiger partial charge < -0.3 is 15.4 Å². The monoisotopic (exact) mass is 397 g/mol. The number of ether oxygens (including phenoxy) is 1. The molecule has 150 valence electrons. The van der Waals surface area contributed by atoms with Crippen LogP contribution in [0.15, 0.2) is 36.5 Å². The SMILES string of the molecule is CC(C)(C)OC(=O)NCC1(C(F)(F)F)c2cc(F)ccc2Nc2ncccc21. The molecule has 28 heavy (non-hydrogen) atoms. The zero-order valence-corrected chi connectivity index (χ0v) is 15.4. The van der Waals surface area contributed by atoms with Gasteiger partial charge in [0.1, 0.15) is 22.7 Å². The summed E-state index contributed by atoms with van der Waals surface area (Å²) in [6.45, 7) is 3.92. The maximum absolute atomic E-state index is 14.5. The second kappa shape index (κ2) is 6.65. The molecule has 1 aliphatic rings. The predicted octanol–water partition coefficient (Wildman–Crippen LogP) is 4.65. The lowest BCUT2D eigenvalue weighted by atomic mass is 9.71. The molecule has 1 aromatic heterocycles. The number of hydrogen-bond acceptors (Lipinski definition) is 4. The summed E-state index contributed by atoms with van der Waals surface area (Å²) in [6.07, 6.45) is -4.51. The van der Waals surface area contributed by atoms with Crippen LogP contribution in [0.3, 0.4) is 0 Å². The largest absolute Gasteiger partial charge is 0.444 e. The molecule has 1 unspecified atom stereocenters. The molecule has 1 atom stereocenters. The number of fused-ring (bicyclic) bond motifs is 2. The average Bonchev–Trinajstić information content (AvgIpc) is 2.56. The van der Waals surface area contributed by atoms with Gasteiger partial charge in [-0.25, -0.2) is 14.2 Å². The minimum Gasteiger partial charge on any atom is -0.444 e. The number of halogens is 4. The van der Waals surface area contributed by atoms with Gasteiger partial charge in [0, 0.05) is 29.6 Å². The molecular formula is C19H19F4N3O2. The summed E-state index contributed by atoms with van der Waals surface area (Å²) in [5.74, 6) is -0.830. The number of nitrogens with zero attached hydrogens (tertiary/aromatic N) is 1. The molecule has 0 spiro atoms. The number of benzene rings is 1. The van der Waals surface area contributed by atoms with E-state index in [1.165, 1.54) is 24.4 Å². The third-order valence-corrected chi connectivity index (χ3v) is 4.34. The molecule has 0 saturated heterocycles. The summed E-state index contributed by atoms with van der Waals surface area (Å²) < 4.78 is 62.5. The molecule has 3 rings (SSSR count). The summed E-state index contributed by atoms with van der Waals surface area (Å²) in [6, 6.07) is 5.72. The van der Waals surface area contributed by atoms with Crippen LogP contribution in [-0.2, 0) is 10.2 Å². The topological polar surface area (TPSA) is 63.2 Å². The molecule has 0 bridgehead atoms. The van der Waals surface area contributed by atoms with E-state index >= 15 is 0 Å². The summed E-state index contributed by atoms with van der Waals surface area (Å²) in [5.41, 5.74) is -4.06. The van der Waals surface area contributed by atoms with Crippen LogP contribution in [0.4, 0.5) is 33.9 Å². The van der Waals surface area contributed by atoms with Crippen LogP contribution in [0.25, 0.3) is 0 Å². The van der Waals surface area contributed by atoms with Crippen molar-refractivity contribution in [1.29, 1.82) is 0 Å². The van der Waals surface area contributed by atoms with Crippen LogP contribution in [0, 0.1) is 5.82 Å². The highest BCUT2D eigenvalue weighted by Gasteiger charge is 2.60. The number of alkyl carbamates (subject to hydrolysis) is 1. The average molecular weight is 397 g/mol. The van der Waals surface area contributed by atoms with E-state index in [9.17, 15) is 22.4 Å². The highest BCUT2D eigenvalue weighted by molar-refractivity contribution is 5.75. The molecular weight excluding hydrogens is 378 g/mol. The Bertz CT molecular complexity index is 909. The second-order valence-electron chi connectivity index (χ2n) is 7.47. The quantitative estimate of drug-likeness (QED) is 0.724. The molecule has 1 aromatic carbocycles. The molecule has 1 amide bonds. The second-order valence-corrected chi connectivity index (χ2v) is 7.47. The molecule has 9 heteroatoms. The molecule has 1 aliphatic heterocycles. The zero-order valence-electron chi connectivity index (χ0n) is 15.4. The smallest absolute Gasteiger partial charge is 0.407 e. The number of rotatable bonds is 2. The van der Waals surface area contributed by atoms with Crippen LogP contribution < -0.4 is 10.6 Å². The number of anilines is 2. The number of carbonyl (C=O) groups is 1. The molecule has 0 saturated carbocycles. The van der Waals surface area contributed by atoms with Crippen LogP contribution in [-0.4, -0.2) is 29.4 Å². The first-order valence-corrected chi connectivity index (χ1v) is 8.50. The Balaban J connectivity index is 2.14. The predicted molar refractivity (Wildman–Crippen MR) is 95.0 cm³/mol.